The Bertz CT molecular complexity index is 3100. The maximum atomic E-state index is 10.4. The normalized spacial score (nSPS) is 16.2. The highest BCUT2D eigenvalue weighted by Crippen LogP contribution is 2.41. The third kappa shape index (κ3) is 8.27. The van der Waals surface area contributed by atoms with E-state index in [0.717, 1.165) is 58.5 Å². The molecule has 1 aromatic heterocycles. The van der Waals surface area contributed by atoms with Crippen molar-refractivity contribution in [2.45, 2.75) is 83.7 Å². The van der Waals surface area contributed by atoms with Crippen LogP contribution in [0, 0.1) is 6.92 Å². The Morgan fingerprint density at radius 3 is 2.10 bits per heavy atom. The quantitative estimate of drug-likeness (QED) is 0.102. The fourth-order valence-electron chi connectivity index (χ4n) is 8.94. The molecule has 0 bridgehead atoms. The lowest BCUT2D eigenvalue weighted by molar-refractivity contribution is -0.476. The van der Waals surface area contributed by atoms with Crippen molar-refractivity contribution in [2.75, 3.05) is 0 Å². The summed E-state index contributed by atoms with van der Waals surface area (Å²) >= 11 is 13.4. The lowest BCUT2D eigenvalue weighted by Gasteiger charge is -2.14. The summed E-state index contributed by atoms with van der Waals surface area (Å²) in [5, 5.41) is 8.91. The number of hydrogen-bond donors (Lipinski definition) is 0. The van der Waals surface area contributed by atoms with Crippen LogP contribution in [-0.2, 0) is 16.5 Å². The zero-order chi connectivity index (χ0) is 43.0. The molecule has 6 aromatic carbocycles. The predicted octanol–water partition coefficient (Wildman–Crippen LogP) is 13.4. The van der Waals surface area contributed by atoms with Gasteiger partial charge in [0, 0.05) is 61.5 Å². The molecular weight excluding hydrogens is 816 g/mol. The summed E-state index contributed by atoms with van der Waals surface area (Å²) in [7, 11) is -4.27. The first-order chi connectivity index (χ1) is 29.4. The van der Waals surface area contributed by atoms with Crippen LogP contribution in [-0.4, -0.2) is 33.9 Å². The van der Waals surface area contributed by atoms with Gasteiger partial charge in [0.2, 0.25) is 11.4 Å². The molecule has 0 saturated carbocycles. The Morgan fingerprint density at radius 1 is 0.738 bits per heavy atom. The zero-order valence-electron chi connectivity index (χ0n) is 35.3. The fraction of sp³-hybridized carbons (Fsp3) is 0.226. The molecule has 9 rings (SSSR count). The van der Waals surface area contributed by atoms with E-state index in [1.807, 2.05) is 19.1 Å². The topological polar surface area (TPSA) is 65.1 Å². The molecule has 1 aliphatic carbocycles. The number of allylic oxidation sites excluding steroid dienone is 6. The number of hydrogen-bond acceptors (Lipinski definition) is 3. The summed E-state index contributed by atoms with van der Waals surface area (Å²) in [5.74, 6) is 0. The standard InChI is InChI=1S/C46H43Cl2N2.C7H8O3S/c1-5-29(3)49-41(36-16-10-14-34-39(47)22-26-43(49)45(34)36)24-20-32-18-19-33(38(32)28-31-12-8-7-9-13-31)21-25-42-37-17-11-15-35-40(48)23-27-44(46(35)37)50(42)30(4)6-2;1-6-2-4-7(5-3-6)11(8,9)10/h7-17,20-27,29-30H,5-6,18-19,28H2,1-4H3;2-5H,1H3,(H,8,9,10)/q+1;/p-1. The van der Waals surface area contributed by atoms with Gasteiger partial charge < -0.3 is 9.12 Å². The SMILES string of the molecule is CCC(C)n1/c(=C/C=C2\CCC(/C=C/C3=[N+](C(C)CC)c4ccc(Cl)c5cccc3c45)=C2Cc2ccccc2)c2cccc3c(Cl)ccc1c32.Cc1ccc(S(=O)(=O)[O-])cc1. The highest BCUT2D eigenvalue weighted by Gasteiger charge is 2.34. The lowest BCUT2D eigenvalue weighted by atomic mass is 9.97. The molecule has 0 fully saturated rings. The molecule has 2 unspecified atom stereocenters. The van der Waals surface area contributed by atoms with Gasteiger partial charge in [-0.3, -0.25) is 0 Å². The van der Waals surface area contributed by atoms with Crippen molar-refractivity contribution in [3.8, 4) is 0 Å². The van der Waals surface area contributed by atoms with Crippen molar-refractivity contribution in [1.29, 1.82) is 0 Å². The van der Waals surface area contributed by atoms with Crippen LogP contribution >= 0.6 is 23.2 Å². The van der Waals surface area contributed by atoms with E-state index in [1.54, 1.807) is 12.1 Å². The summed E-state index contributed by atoms with van der Waals surface area (Å²) in [4.78, 5) is -0.178. The molecule has 0 N–H and O–H groups in total. The van der Waals surface area contributed by atoms with E-state index in [2.05, 4.69) is 140 Å². The molecular formula is C53H50Cl2N2O3S. The second-order valence-corrected chi connectivity index (χ2v) is 18.4. The lowest BCUT2D eigenvalue weighted by Crippen LogP contribution is -2.22. The van der Waals surface area contributed by atoms with Gasteiger partial charge in [-0.2, -0.15) is 4.58 Å². The Balaban J connectivity index is 0.000000408. The van der Waals surface area contributed by atoms with Crippen LogP contribution in [0.1, 0.15) is 76.1 Å². The van der Waals surface area contributed by atoms with E-state index in [-0.39, 0.29) is 4.90 Å². The van der Waals surface area contributed by atoms with E-state index in [1.165, 1.54) is 78.4 Å². The van der Waals surface area contributed by atoms with Gasteiger partial charge in [-0.25, -0.2) is 8.42 Å². The second-order valence-electron chi connectivity index (χ2n) is 16.2. The van der Waals surface area contributed by atoms with Crippen LogP contribution in [0.5, 0.6) is 0 Å². The largest absolute Gasteiger partial charge is 0.744 e. The zero-order valence-corrected chi connectivity index (χ0v) is 37.6. The van der Waals surface area contributed by atoms with Crippen LogP contribution in [0.25, 0.3) is 38.5 Å². The predicted molar refractivity (Wildman–Crippen MR) is 255 cm³/mol. The number of benzene rings is 6. The molecule has 2 atom stereocenters. The number of halogens is 2. The Labute approximate surface area is 369 Å². The van der Waals surface area contributed by atoms with Gasteiger partial charge in [-0.15, -0.1) is 0 Å². The van der Waals surface area contributed by atoms with Crippen LogP contribution < -0.4 is 5.35 Å². The van der Waals surface area contributed by atoms with Crippen LogP contribution in [0.15, 0.2) is 155 Å². The third-order valence-corrected chi connectivity index (χ3v) is 13.9. The van der Waals surface area contributed by atoms with Crippen molar-refractivity contribution >= 4 is 83.2 Å². The van der Waals surface area contributed by atoms with Crippen LogP contribution in [0.3, 0.4) is 0 Å². The molecule has 2 heterocycles. The smallest absolute Gasteiger partial charge is 0.214 e. The summed E-state index contributed by atoms with van der Waals surface area (Å²) in [6, 6.07) is 39.0. The van der Waals surface area contributed by atoms with Crippen molar-refractivity contribution in [2.24, 2.45) is 0 Å². The van der Waals surface area contributed by atoms with E-state index in [0.29, 0.717) is 12.1 Å². The third-order valence-electron chi connectivity index (χ3n) is 12.4. The van der Waals surface area contributed by atoms with Gasteiger partial charge in [-0.1, -0.05) is 128 Å². The molecule has 0 saturated heterocycles. The van der Waals surface area contributed by atoms with Gasteiger partial charge in [0.05, 0.1) is 21.4 Å². The molecule has 0 amide bonds. The van der Waals surface area contributed by atoms with Crippen LogP contribution in [0.4, 0.5) is 5.69 Å². The van der Waals surface area contributed by atoms with Crippen LogP contribution in [0.2, 0.25) is 10.0 Å². The number of aryl methyl sites for hydroxylation is 1. The first-order valence-electron chi connectivity index (χ1n) is 21.2. The molecule has 0 spiro atoms. The highest BCUT2D eigenvalue weighted by atomic mass is 35.5. The minimum atomic E-state index is -4.27. The van der Waals surface area contributed by atoms with Crippen molar-refractivity contribution in [3.63, 3.8) is 0 Å². The maximum Gasteiger partial charge on any atom is 0.214 e. The monoisotopic (exact) mass is 864 g/mol. The summed E-state index contributed by atoms with van der Waals surface area (Å²) in [5.41, 5.74) is 11.6. The molecule has 7 aromatic rings. The fourth-order valence-corrected chi connectivity index (χ4v) is 9.85. The van der Waals surface area contributed by atoms with Gasteiger partial charge in [-0.05, 0) is 111 Å². The van der Waals surface area contributed by atoms with Gasteiger partial charge in [0.1, 0.15) is 10.1 Å². The van der Waals surface area contributed by atoms with Gasteiger partial charge >= 0.3 is 0 Å². The minimum absolute atomic E-state index is 0.178. The summed E-state index contributed by atoms with van der Waals surface area (Å²) < 4.78 is 36.2. The average molecular weight is 866 g/mol. The highest BCUT2D eigenvalue weighted by molar-refractivity contribution is 7.85. The molecule has 0 radical (unpaired) electrons. The van der Waals surface area contributed by atoms with Crippen molar-refractivity contribution < 1.29 is 17.5 Å². The first kappa shape index (κ1) is 42.5. The number of nitrogens with zero attached hydrogens (tertiary/aromatic N) is 2. The van der Waals surface area contributed by atoms with Crippen molar-refractivity contribution in [3.05, 3.63) is 182 Å². The van der Waals surface area contributed by atoms with E-state index in [9.17, 15) is 13.0 Å². The molecule has 5 nitrogen and oxygen atoms in total. The maximum absolute atomic E-state index is 10.4. The molecule has 2 aliphatic rings. The van der Waals surface area contributed by atoms with Crippen molar-refractivity contribution in [1.82, 2.24) is 4.57 Å². The Hall–Kier alpha value is -5.24. The number of rotatable bonds is 10. The van der Waals surface area contributed by atoms with E-state index in [4.69, 9.17) is 23.2 Å². The average Bonchev–Trinajstić information content (AvgIpc) is 3.91. The molecule has 61 heavy (non-hydrogen) atoms. The molecule has 1 aliphatic heterocycles. The summed E-state index contributed by atoms with van der Waals surface area (Å²) in [6.45, 7) is 11.0. The Kier molecular flexibility index (Phi) is 12.3. The van der Waals surface area contributed by atoms with Gasteiger partial charge in [0.15, 0.2) is 6.04 Å². The number of aromatic nitrogens is 1. The first-order valence-corrected chi connectivity index (χ1v) is 23.3. The minimum Gasteiger partial charge on any atom is -0.744 e. The molecule has 310 valence electrons. The van der Waals surface area contributed by atoms with E-state index < -0.39 is 10.1 Å². The Morgan fingerprint density at radius 2 is 1.41 bits per heavy atom. The van der Waals surface area contributed by atoms with Gasteiger partial charge in [0.25, 0.3) is 0 Å². The van der Waals surface area contributed by atoms with E-state index >= 15 is 0 Å². The second kappa shape index (κ2) is 17.6. The summed E-state index contributed by atoms with van der Waals surface area (Å²) in [6.07, 6.45) is 14.6. The molecule has 8 heteroatoms.